The number of nitrogens with zero attached hydrogens (tertiary/aromatic N) is 2. The molecule has 7 nitrogen and oxygen atoms in total. The van der Waals surface area contributed by atoms with Crippen LogP contribution in [0.25, 0.3) is 0 Å². The Labute approximate surface area is 153 Å². The number of alkyl halides is 3. The van der Waals surface area contributed by atoms with Crippen molar-refractivity contribution in [1.82, 2.24) is 9.55 Å². The number of carbonyl (C=O) groups excluding carboxylic acids is 2. The molecule has 0 aliphatic rings. The molecule has 1 aromatic carbocycles. The summed E-state index contributed by atoms with van der Waals surface area (Å²) in [4.78, 5) is 27.1. The summed E-state index contributed by atoms with van der Waals surface area (Å²) in [7, 11) is 1.29. The molecule has 1 aromatic heterocycles. The molecule has 0 spiro atoms. The first kappa shape index (κ1) is 20.4. The molecule has 10 heteroatoms. The van der Waals surface area contributed by atoms with Crippen LogP contribution in [0, 0.1) is 0 Å². The van der Waals surface area contributed by atoms with Crippen LogP contribution >= 0.6 is 0 Å². The van der Waals surface area contributed by atoms with Gasteiger partial charge in [0.05, 0.1) is 6.42 Å². The van der Waals surface area contributed by atoms with Crippen molar-refractivity contribution in [3.05, 3.63) is 42.5 Å². The Hall–Kier alpha value is -2.88. The van der Waals surface area contributed by atoms with Crippen LogP contribution < -0.4 is 10.6 Å². The van der Waals surface area contributed by atoms with Crippen LogP contribution in [-0.4, -0.2) is 32.6 Å². The number of nitrogens with one attached hydrogen (secondary N) is 2. The molecule has 1 unspecified atom stereocenters. The van der Waals surface area contributed by atoms with Gasteiger partial charge in [0.2, 0.25) is 17.4 Å². The van der Waals surface area contributed by atoms with E-state index < -0.39 is 29.9 Å². The number of hydrogen-bond donors (Lipinski definition) is 3. The summed E-state index contributed by atoms with van der Waals surface area (Å²) in [5.41, 5.74) is -2.88. The minimum Gasteiger partial charge on any atom is -0.374 e. The summed E-state index contributed by atoms with van der Waals surface area (Å²) in [6.07, 6.45) is -3.79. The van der Waals surface area contributed by atoms with Gasteiger partial charge in [-0.2, -0.15) is 13.2 Å². The van der Waals surface area contributed by atoms with Crippen LogP contribution in [0.1, 0.15) is 25.6 Å². The summed E-state index contributed by atoms with van der Waals surface area (Å²) >= 11 is 0. The zero-order valence-electron chi connectivity index (χ0n) is 14.7. The van der Waals surface area contributed by atoms with Crippen LogP contribution in [0.5, 0.6) is 0 Å². The number of aromatic nitrogens is 2. The fourth-order valence-corrected chi connectivity index (χ4v) is 2.43. The third-order valence-corrected chi connectivity index (χ3v) is 3.83. The monoisotopic (exact) mass is 384 g/mol. The van der Waals surface area contributed by atoms with Crippen molar-refractivity contribution in [2.75, 3.05) is 10.6 Å². The smallest absolute Gasteiger partial charge is 0.374 e. The normalized spacial score (nSPS) is 13.7. The van der Waals surface area contributed by atoms with E-state index in [1.807, 2.05) is 0 Å². The van der Waals surface area contributed by atoms with E-state index >= 15 is 0 Å². The lowest BCUT2D eigenvalue weighted by Gasteiger charge is -2.29. The molecule has 2 rings (SSSR count). The third kappa shape index (κ3) is 4.64. The first-order chi connectivity index (χ1) is 12.6. The summed E-state index contributed by atoms with van der Waals surface area (Å²) in [5.74, 6) is -1.99. The van der Waals surface area contributed by atoms with Crippen LogP contribution in [0.4, 0.5) is 24.5 Å². The molecule has 0 aliphatic carbocycles. The van der Waals surface area contributed by atoms with Crippen LogP contribution in [0.15, 0.2) is 36.7 Å². The largest absolute Gasteiger partial charge is 0.425 e. The first-order valence-corrected chi connectivity index (χ1v) is 8.03. The van der Waals surface area contributed by atoms with Crippen LogP contribution in [0.2, 0.25) is 0 Å². The Morgan fingerprint density at radius 1 is 1.19 bits per heavy atom. The molecule has 0 fully saturated rings. The highest BCUT2D eigenvalue weighted by Crippen LogP contribution is 2.40. The summed E-state index contributed by atoms with van der Waals surface area (Å²) in [6.45, 7) is 1.66. The van der Waals surface area contributed by atoms with Gasteiger partial charge < -0.3 is 20.3 Å². The molecule has 0 radical (unpaired) electrons. The highest BCUT2D eigenvalue weighted by molar-refractivity contribution is 5.94. The molecule has 3 N–H and O–H groups in total. The predicted octanol–water partition coefficient (Wildman–Crippen LogP) is 2.55. The number of benzene rings is 1. The standard InChI is InChI=1S/C17H19F3N4O3/c1-3-13(25)22-11-5-4-6-12(9-11)23-14(26)10-16(27,17(18,19)20)15-21-7-8-24(15)2/h4-9,27H,3,10H2,1-2H3,(H,22,25)(H,23,26). The highest BCUT2D eigenvalue weighted by Gasteiger charge is 2.58. The molecular weight excluding hydrogens is 365 g/mol. The number of amides is 2. The Morgan fingerprint density at radius 2 is 1.78 bits per heavy atom. The second-order valence-corrected chi connectivity index (χ2v) is 5.93. The van der Waals surface area contributed by atoms with Gasteiger partial charge in [-0.05, 0) is 18.2 Å². The maximum atomic E-state index is 13.5. The van der Waals surface area contributed by atoms with Crippen LogP contribution in [-0.2, 0) is 22.2 Å². The Kier molecular flexibility index (Phi) is 5.89. The lowest BCUT2D eigenvalue weighted by Crippen LogP contribution is -2.46. The lowest BCUT2D eigenvalue weighted by molar-refractivity contribution is -0.270. The van der Waals surface area contributed by atoms with Crippen molar-refractivity contribution in [3.63, 3.8) is 0 Å². The number of halogens is 3. The Balaban J connectivity index is 2.19. The Morgan fingerprint density at radius 3 is 2.26 bits per heavy atom. The van der Waals surface area contributed by atoms with Crippen molar-refractivity contribution in [1.29, 1.82) is 0 Å². The molecule has 146 valence electrons. The summed E-state index contributed by atoms with van der Waals surface area (Å²) in [6, 6.07) is 5.95. The van der Waals surface area contributed by atoms with Gasteiger partial charge in [0.1, 0.15) is 0 Å². The van der Waals surface area contributed by atoms with E-state index in [2.05, 4.69) is 15.6 Å². The highest BCUT2D eigenvalue weighted by atomic mass is 19.4. The molecule has 1 heterocycles. The molecule has 2 aromatic rings. The van der Waals surface area contributed by atoms with Gasteiger partial charge >= 0.3 is 6.18 Å². The molecule has 0 saturated carbocycles. The minimum atomic E-state index is -5.11. The van der Waals surface area contributed by atoms with Gasteiger partial charge in [0, 0.05) is 37.2 Å². The second-order valence-electron chi connectivity index (χ2n) is 5.93. The number of aryl methyl sites for hydroxylation is 1. The quantitative estimate of drug-likeness (QED) is 0.713. The molecule has 2 amide bonds. The van der Waals surface area contributed by atoms with Crippen molar-refractivity contribution >= 4 is 23.2 Å². The van der Waals surface area contributed by atoms with Gasteiger partial charge in [0.15, 0.2) is 5.82 Å². The fraction of sp³-hybridized carbons (Fsp3) is 0.353. The topological polar surface area (TPSA) is 96.2 Å². The lowest BCUT2D eigenvalue weighted by atomic mass is 9.97. The number of imidazole rings is 1. The maximum absolute atomic E-state index is 13.5. The Bertz CT molecular complexity index is 835. The zero-order chi connectivity index (χ0) is 20.2. The van der Waals surface area contributed by atoms with E-state index in [0.29, 0.717) is 5.69 Å². The van der Waals surface area contributed by atoms with Gasteiger partial charge in [-0.25, -0.2) is 4.98 Å². The molecule has 27 heavy (non-hydrogen) atoms. The number of anilines is 2. The maximum Gasteiger partial charge on any atom is 0.425 e. The van der Waals surface area contributed by atoms with Crippen molar-refractivity contribution in [3.8, 4) is 0 Å². The zero-order valence-corrected chi connectivity index (χ0v) is 14.7. The number of rotatable bonds is 6. The molecule has 1 atom stereocenters. The average Bonchev–Trinajstić information content (AvgIpc) is 3.00. The van der Waals surface area contributed by atoms with Crippen molar-refractivity contribution < 1.29 is 27.9 Å². The van der Waals surface area contributed by atoms with E-state index in [1.165, 1.54) is 31.4 Å². The van der Waals surface area contributed by atoms with Gasteiger partial charge in [0.25, 0.3) is 0 Å². The average molecular weight is 384 g/mol. The predicted molar refractivity (Wildman–Crippen MR) is 91.8 cm³/mol. The van der Waals surface area contributed by atoms with Crippen molar-refractivity contribution in [2.45, 2.75) is 31.5 Å². The molecular formula is C17H19F3N4O3. The van der Waals surface area contributed by atoms with Gasteiger partial charge in [-0.1, -0.05) is 13.0 Å². The van der Waals surface area contributed by atoms with E-state index in [9.17, 15) is 27.9 Å². The first-order valence-electron chi connectivity index (χ1n) is 8.03. The minimum absolute atomic E-state index is 0.179. The molecule has 0 bridgehead atoms. The van der Waals surface area contributed by atoms with E-state index in [1.54, 1.807) is 13.0 Å². The second kappa shape index (κ2) is 7.78. The SMILES string of the molecule is CCC(=O)Nc1cccc(NC(=O)CC(O)(c2nccn2C)C(F)(F)F)c1. The van der Waals surface area contributed by atoms with E-state index in [0.717, 1.165) is 10.8 Å². The summed E-state index contributed by atoms with van der Waals surface area (Å²) < 4.78 is 41.4. The number of hydrogen-bond acceptors (Lipinski definition) is 4. The van der Waals surface area contributed by atoms with E-state index in [-0.39, 0.29) is 18.0 Å². The van der Waals surface area contributed by atoms with Crippen molar-refractivity contribution in [2.24, 2.45) is 7.05 Å². The van der Waals surface area contributed by atoms with Crippen LogP contribution in [0.3, 0.4) is 0 Å². The number of aliphatic hydroxyl groups is 1. The third-order valence-electron chi connectivity index (χ3n) is 3.83. The number of carbonyl (C=O) groups is 2. The van der Waals surface area contributed by atoms with Gasteiger partial charge in [-0.15, -0.1) is 0 Å². The fourth-order valence-electron chi connectivity index (χ4n) is 2.43. The molecule has 0 saturated heterocycles. The van der Waals surface area contributed by atoms with E-state index in [4.69, 9.17) is 0 Å². The van der Waals surface area contributed by atoms with Gasteiger partial charge in [-0.3, -0.25) is 9.59 Å². The summed E-state index contributed by atoms with van der Waals surface area (Å²) in [5, 5.41) is 15.1. The molecule has 0 aliphatic heterocycles.